The number of carbonyl (C=O) groups excluding carboxylic acids is 3. The molecule has 6 heteroatoms. The molecule has 6 nitrogen and oxygen atoms in total. The van der Waals surface area contributed by atoms with Crippen molar-refractivity contribution in [2.75, 3.05) is 13.2 Å². The molecule has 0 amide bonds. The predicted molar refractivity (Wildman–Crippen MR) is 353 cm³/mol. The molecule has 0 saturated heterocycles. The quantitative estimate of drug-likeness (QED) is 0.0261. The van der Waals surface area contributed by atoms with Gasteiger partial charge in [0.1, 0.15) is 13.2 Å². The minimum absolute atomic E-state index is 0.0888. The molecule has 1 atom stereocenters. The molecule has 0 aliphatic heterocycles. The van der Waals surface area contributed by atoms with Crippen molar-refractivity contribution >= 4 is 17.9 Å². The standard InChI is InChI=1S/C75H126O6/c1-4-7-10-13-16-19-22-25-28-31-33-34-35-36-37-38-39-40-42-44-47-50-53-56-59-62-65-68-74(77)80-71-72(70-79-73(76)67-64-61-58-55-52-49-46-43-30-27-24-21-18-15-12-9-6-3)81-75(78)69-66-63-60-57-54-51-48-45-41-32-29-26-23-20-17-14-11-8-5-2/h7,10,16-21,25-30,33-34,36-37,41,45,72H,4-6,8-9,11-15,22-24,31-32,35,38-40,42-44,46-71H2,1-3H3/b10-7-,19-16-,20-17-,21-18-,28-25-,29-26-,30-27-,34-33-,37-36-,45-41-. The Morgan fingerprint density at radius 1 is 0.259 bits per heavy atom. The van der Waals surface area contributed by atoms with Gasteiger partial charge in [-0.05, 0) is 135 Å². The minimum Gasteiger partial charge on any atom is -0.462 e. The van der Waals surface area contributed by atoms with Crippen LogP contribution in [0.5, 0.6) is 0 Å². The van der Waals surface area contributed by atoms with Gasteiger partial charge in [-0.15, -0.1) is 0 Å². The Hall–Kier alpha value is -4.19. The first-order valence-electron chi connectivity index (χ1n) is 34.0. The fraction of sp³-hybridized carbons (Fsp3) is 0.693. The molecule has 1 unspecified atom stereocenters. The Bertz CT molecular complexity index is 1670. The van der Waals surface area contributed by atoms with Gasteiger partial charge < -0.3 is 14.2 Å². The monoisotopic (exact) mass is 1120 g/mol. The molecule has 0 bridgehead atoms. The summed E-state index contributed by atoms with van der Waals surface area (Å²) in [6.07, 6.45) is 94.9. The van der Waals surface area contributed by atoms with Crippen LogP contribution in [0.15, 0.2) is 122 Å². The molecule has 0 fully saturated rings. The van der Waals surface area contributed by atoms with E-state index in [2.05, 4.69) is 142 Å². The van der Waals surface area contributed by atoms with Crippen LogP contribution in [0.4, 0.5) is 0 Å². The van der Waals surface area contributed by atoms with Crippen molar-refractivity contribution in [3.05, 3.63) is 122 Å². The van der Waals surface area contributed by atoms with Crippen LogP contribution < -0.4 is 0 Å². The molecule has 0 heterocycles. The minimum atomic E-state index is -0.795. The zero-order valence-electron chi connectivity index (χ0n) is 53.0. The van der Waals surface area contributed by atoms with E-state index in [-0.39, 0.29) is 31.1 Å². The Labute approximate surface area is 501 Å². The molecular weight excluding hydrogens is 997 g/mol. The van der Waals surface area contributed by atoms with E-state index in [0.717, 1.165) is 128 Å². The third-order valence-corrected chi connectivity index (χ3v) is 14.4. The second-order valence-electron chi connectivity index (χ2n) is 22.3. The number of unbranched alkanes of at least 4 members (excludes halogenated alkanes) is 30. The van der Waals surface area contributed by atoms with Gasteiger partial charge in [0.25, 0.3) is 0 Å². The summed E-state index contributed by atoms with van der Waals surface area (Å²) < 4.78 is 17.0. The summed E-state index contributed by atoms with van der Waals surface area (Å²) in [4.78, 5) is 38.4. The van der Waals surface area contributed by atoms with Crippen molar-refractivity contribution in [2.24, 2.45) is 0 Å². The molecule has 0 aromatic rings. The number of carbonyl (C=O) groups is 3. The molecule has 0 aliphatic rings. The van der Waals surface area contributed by atoms with E-state index in [9.17, 15) is 14.4 Å². The van der Waals surface area contributed by atoms with Crippen LogP contribution >= 0.6 is 0 Å². The molecule has 0 aromatic carbocycles. The number of hydrogen-bond acceptors (Lipinski definition) is 6. The van der Waals surface area contributed by atoms with E-state index in [1.807, 2.05) is 0 Å². The number of hydrogen-bond donors (Lipinski definition) is 0. The van der Waals surface area contributed by atoms with Gasteiger partial charge in [0, 0.05) is 19.3 Å². The highest BCUT2D eigenvalue weighted by atomic mass is 16.6. The van der Waals surface area contributed by atoms with Gasteiger partial charge in [-0.1, -0.05) is 284 Å². The SMILES string of the molecule is CC/C=C\C/C=C\C/C=C\C/C=C\C/C=C\CCCCCCCCCCCCCC(=O)OCC(COC(=O)CCCCCCCCC/C=C\C/C=C\CCCCC)OC(=O)CCCCCCCC/C=C\C/C=C\C/C=C\CCCCC. The average molecular weight is 1120 g/mol. The maximum atomic E-state index is 12.9. The van der Waals surface area contributed by atoms with Crippen molar-refractivity contribution in [3.8, 4) is 0 Å². The molecule has 0 rings (SSSR count). The molecule has 0 spiro atoms. The highest BCUT2D eigenvalue weighted by Crippen LogP contribution is 2.16. The van der Waals surface area contributed by atoms with Gasteiger partial charge in [-0.3, -0.25) is 14.4 Å². The van der Waals surface area contributed by atoms with Crippen LogP contribution in [0, 0.1) is 0 Å². The lowest BCUT2D eigenvalue weighted by molar-refractivity contribution is -0.167. The van der Waals surface area contributed by atoms with Crippen molar-refractivity contribution < 1.29 is 28.6 Å². The zero-order chi connectivity index (χ0) is 58.5. The van der Waals surface area contributed by atoms with E-state index in [1.165, 1.54) is 148 Å². The molecule has 0 aliphatic carbocycles. The molecular formula is C75H126O6. The highest BCUT2D eigenvalue weighted by Gasteiger charge is 2.19. The Balaban J connectivity index is 4.38. The molecule has 81 heavy (non-hydrogen) atoms. The summed E-state index contributed by atoms with van der Waals surface area (Å²) in [6.45, 7) is 6.48. The second-order valence-corrected chi connectivity index (χ2v) is 22.3. The number of ether oxygens (including phenoxy) is 3. The normalized spacial score (nSPS) is 12.9. The smallest absolute Gasteiger partial charge is 0.306 e. The van der Waals surface area contributed by atoms with E-state index >= 15 is 0 Å². The zero-order valence-corrected chi connectivity index (χ0v) is 53.0. The van der Waals surface area contributed by atoms with Crippen molar-refractivity contribution in [1.82, 2.24) is 0 Å². The lowest BCUT2D eigenvalue weighted by atomic mass is 10.0. The molecule has 0 radical (unpaired) electrons. The summed E-state index contributed by atoms with van der Waals surface area (Å²) in [5, 5.41) is 0. The van der Waals surface area contributed by atoms with Crippen LogP contribution in [0.3, 0.4) is 0 Å². The second kappa shape index (κ2) is 68.3. The summed E-state index contributed by atoms with van der Waals surface area (Å²) in [5.41, 5.74) is 0. The summed E-state index contributed by atoms with van der Waals surface area (Å²) in [7, 11) is 0. The highest BCUT2D eigenvalue weighted by molar-refractivity contribution is 5.71. The Morgan fingerprint density at radius 3 is 0.753 bits per heavy atom. The predicted octanol–water partition coefficient (Wildman–Crippen LogP) is 23.6. The van der Waals surface area contributed by atoms with E-state index in [0.29, 0.717) is 19.3 Å². The summed E-state index contributed by atoms with van der Waals surface area (Å²) >= 11 is 0. The Kier molecular flexibility index (Phi) is 64.8. The first kappa shape index (κ1) is 76.8. The summed E-state index contributed by atoms with van der Waals surface area (Å²) in [6, 6.07) is 0. The number of esters is 3. The molecule has 0 N–H and O–H groups in total. The first-order chi connectivity index (χ1) is 40.0. The van der Waals surface area contributed by atoms with Gasteiger partial charge in [-0.25, -0.2) is 0 Å². The van der Waals surface area contributed by atoms with E-state index < -0.39 is 6.10 Å². The fourth-order valence-corrected chi connectivity index (χ4v) is 9.33. The lowest BCUT2D eigenvalue weighted by Crippen LogP contribution is -2.30. The van der Waals surface area contributed by atoms with Crippen LogP contribution in [0.25, 0.3) is 0 Å². The van der Waals surface area contributed by atoms with Crippen LogP contribution in [0.2, 0.25) is 0 Å². The van der Waals surface area contributed by atoms with Crippen LogP contribution in [0.1, 0.15) is 316 Å². The topological polar surface area (TPSA) is 78.9 Å². The van der Waals surface area contributed by atoms with E-state index in [1.54, 1.807) is 0 Å². The van der Waals surface area contributed by atoms with E-state index in [4.69, 9.17) is 14.2 Å². The Morgan fingerprint density at radius 2 is 0.481 bits per heavy atom. The molecule has 462 valence electrons. The largest absolute Gasteiger partial charge is 0.462 e. The first-order valence-corrected chi connectivity index (χ1v) is 34.0. The maximum absolute atomic E-state index is 12.9. The van der Waals surface area contributed by atoms with Crippen LogP contribution in [-0.4, -0.2) is 37.2 Å². The number of rotatable bonds is 61. The van der Waals surface area contributed by atoms with Gasteiger partial charge in [0.05, 0.1) is 0 Å². The fourth-order valence-electron chi connectivity index (χ4n) is 9.33. The number of allylic oxidation sites excluding steroid dienone is 20. The van der Waals surface area contributed by atoms with Gasteiger partial charge in [0.2, 0.25) is 0 Å². The van der Waals surface area contributed by atoms with Gasteiger partial charge in [-0.2, -0.15) is 0 Å². The summed E-state index contributed by atoms with van der Waals surface area (Å²) in [5.74, 6) is -0.903. The van der Waals surface area contributed by atoms with Gasteiger partial charge >= 0.3 is 17.9 Å². The van der Waals surface area contributed by atoms with Crippen molar-refractivity contribution in [1.29, 1.82) is 0 Å². The molecule has 0 saturated carbocycles. The lowest BCUT2D eigenvalue weighted by Gasteiger charge is -2.18. The van der Waals surface area contributed by atoms with Crippen LogP contribution in [-0.2, 0) is 28.6 Å². The van der Waals surface area contributed by atoms with Gasteiger partial charge in [0.15, 0.2) is 6.10 Å². The third-order valence-electron chi connectivity index (χ3n) is 14.4. The third kappa shape index (κ3) is 66.5. The van der Waals surface area contributed by atoms with Crippen molar-refractivity contribution in [3.63, 3.8) is 0 Å². The average Bonchev–Trinajstić information content (AvgIpc) is 3.47. The molecule has 0 aromatic heterocycles. The van der Waals surface area contributed by atoms with Crippen molar-refractivity contribution in [2.45, 2.75) is 322 Å². The maximum Gasteiger partial charge on any atom is 0.306 e.